The van der Waals surface area contributed by atoms with Gasteiger partial charge in [-0.25, -0.2) is 4.98 Å². The van der Waals surface area contributed by atoms with E-state index in [9.17, 15) is 5.26 Å². The molecule has 0 unspecified atom stereocenters. The van der Waals surface area contributed by atoms with Gasteiger partial charge in [-0.2, -0.15) is 20.3 Å². The maximum absolute atomic E-state index is 9.36. The number of nitrogens with zero attached hydrogens (tertiary/aromatic N) is 7. The molecule has 0 atom stereocenters. The highest BCUT2D eigenvalue weighted by Crippen LogP contribution is 2.35. The smallest absolute Gasteiger partial charge is 0.156 e. The van der Waals surface area contributed by atoms with Crippen LogP contribution in [0.2, 0.25) is 0 Å². The van der Waals surface area contributed by atoms with Crippen LogP contribution in [0.5, 0.6) is 0 Å². The lowest BCUT2D eigenvalue weighted by molar-refractivity contribution is 0.581. The third-order valence-corrected chi connectivity index (χ3v) is 4.67. The number of fused-ring (bicyclic) bond motifs is 1. The lowest BCUT2D eigenvalue weighted by Crippen LogP contribution is -2.04. The van der Waals surface area contributed by atoms with Gasteiger partial charge in [0, 0.05) is 18.8 Å². The summed E-state index contributed by atoms with van der Waals surface area (Å²) in [6.45, 7) is 0.422. The van der Waals surface area contributed by atoms with E-state index in [2.05, 4.69) is 42.3 Å². The third kappa shape index (κ3) is 2.70. The standard InChI is InChI=1S/C17H13BrN8/c1-25-7-6-11(22-25)9-26-23-15-13(18)14(21-17(20)16(15)24-26)12-5-3-2-4-10(12)8-19/h2-7H,9H2,1H3,(H2,20,21). The van der Waals surface area contributed by atoms with E-state index in [1.165, 1.54) is 4.80 Å². The topological polar surface area (TPSA) is 111 Å². The Labute approximate surface area is 157 Å². The number of anilines is 1. The van der Waals surface area contributed by atoms with E-state index in [-0.39, 0.29) is 5.82 Å². The molecule has 3 aromatic heterocycles. The first-order valence-corrected chi connectivity index (χ1v) is 8.54. The molecule has 0 aliphatic rings. The van der Waals surface area contributed by atoms with E-state index in [4.69, 9.17) is 5.73 Å². The van der Waals surface area contributed by atoms with Gasteiger partial charge in [0.15, 0.2) is 11.3 Å². The van der Waals surface area contributed by atoms with Crippen molar-refractivity contribution in [1.29, 1.82) is 5.26 Å². The number of nitrogens with two attached hydrogens (primary N) is 1. The van der Waals surface area contributed by atoms with Crippen molar-refractivity contribution in [3.8, 4) is 17.3 Å². The van der Waals surface area contributed by atoms with E-state index < -0.39 is 0 Å². The average Bonchev–Trinajstić information content (AvgIpc) is 3.25. The van der Waals surface area contributed by atoms with Gasteiger partial charge in [0.2, 0.25) is 0 Å². The van der Waals surface area contributed by atoms with E-state index in [1.807, 2.05) is 31.4 Å². The fourth-order valence-electron chi connectivity index (χ4n) is 2.73. The van der Waals surface area contributed by atoms with Crippen LogP contribution in [-0.2, 0) is 13.6 Å². The van der Waals surface area contributed by atoms with Crippen molar-refractivity contribution in [2.45, 2.75) is 6.54 Å². The predicted octanol–water partition coefficient (Wildman–Crippen LogP) is 2.49. The highest BCUT2D eigenvalue weighted by molar-refractivity contribution is 9.10. The van der Waals surface area contributed by atoms with Crippen molar-refractivity contribution in [3.63, 3.8) is 0 Å². The summed E-state index contributed by atoms with van der Waals surface area (Å²) >= 11 is 3.56. The summed E-state index contributed by atoms with van der Waals surface area (Å²) in [6, 6.07) is 11.3. The van der Waals surface area contributed by atoms with E-state index in [0.29, 0.717) is 38.9 Å². The molecule has 26 heavy (non-hydrogen) atoms. The van der Waals surface area contributed by atoms with Crippen LogP contribution in [0.25, 0.3) is 22.3 Å². The molecular formula is C17H13BrN8. The molecule has 0 radical (unpaired) electrons. The normalized spacial score (nSPS) is 11.0. The zero-order chi connectivity index (χ0) is 18.3. The minimum Gasteiger partial charge on any atom is -0.382 e. The van der Waals surface area contributed by atoms with Crippen molar-refractivity contribution in [1.82, 2.24) is 29.8 Å². The lowest BCUT2D eigenvalue weighted by Gasteiger charge is -2.07. The molecule has 1 aromatic carbocycles. The minimum absolute atomic E-state index is 0.262. The zero-order valence-corrected chi connectivity index (χ0v) is 15.3. The van der Waals surface area contributed by atoms with Gasteiger partial charge >= 0.3 is 0 Å². The molecule has 0 spiro atoms. The Morgan fingerprint density at radius 2 is 1.92 bits per heavy atom. The van der Waals surface area contributed by atoms with Crippen LogP contribution < -0.4 is 5.73 Å². The Morgan fingerprint density at radius 3 is 2.65 bits per heavy atom. The number of nitrogen functional groups attached to an aromatic ring is 1. The summed E-state index contributed by atoms with van der Waals surface area (Å²) < 4.78 is 2.37. The number of benzene rings is 1. The van der Waals surface area contributed by atoms with Gasteiger partial charge in [0.25, 0.3) is 0 Å². The molecule has 0 aliphatic carbocycles. The second kappa shape index (κ2) is 6.24. The molecule has 2 N–H and O–H groups in total. The summed E-state index contributed by atoms with van der Waals surface area (Å²) in [7, 11) is 1.86. The first-order valence-electron chi connectivity index (χ1n) is 7.74. The molecule has 0 fully saturated rings. The number of rotatable bonds is 3. The molecule has 0 amide bonds. The average molecular weight is 409 g/mol. The summed E-state index contributed by atoms with van der Waals surface area (Å²) in [5.74, 6) is 0.262. The molecule has 4 aromatic rings. The second-order valence-electron chi connectivity index (χ2n) is 5.73. The monoisotopic (exact) mass is 408 g/mol. The summed E-state index contributed by atoms with van der Waals surface area (Å²) in [5.41, 5.74) is 9.82. The van der Waals surface area contributed by atoms with Crippen LogP contribution in [0.1, 0.15) is 11.3 Å². The predicted molar refractivity (Wildman–Crippen MR) is 99.9 cm³/mol. The molecular weight excluding hydrogens is 396 g/mol. The van der Waals surface area contributed by atoms with Crippen molar-refractivity contribution < 1.29 is 0 Å². The number of pyridine rings is 1. The quantitative estimate of drug-likeness (QED) is 0.557. The van der Waals surface area contributed by atoms with Crippen LogP contribution in [0.3, 0.4) is 0 Å². The first-order chi connectivity index (χ1) is 12.6. The maximum atomic E-state index is 9.36. The number of aryl methyl sites for hydroxylation is 1. The Balaban J connectivity index is 1.85. The maximum Gasteiger partial charge on any atom is 0.156 e. The van der Waals surface area contributed by atoms with Crippen LogP contribution >= 0.6 is 15.9 Å². The van der Waals surface area contributed by atoms with Crippen molar-refractivity contribution in [2.24, 2.45) is 7.05 Å². The molecule has 4 rings (SSSR count). The Morgan fingerprint density at radius 1 is 1.15 bits per heavy atom. The molecule has 9 heteroatoms. The van der Waals surface area contributed by atoms with Gasteiger partial charge < -0.3 is 5.73 Å². The molecule has 0 saturated heterocycles. The fraction of sp³-hybridized carbons (Fsp3) is 0.118. The highest BCUT2D eigenvalue weighted by Gasteiger charge is 2.19. The van der Waals surface area contributed by atoms with Gasteiger partial charge in [-0.15, -0.1) is 5.10 Å². The van der Waals surface area contributed by atoms with Gasteiger partial charge in [-0.1, -0.05) is 18.2 Å². The molecule has 3 heterocycles. The zero-order valence-electron chi connectivity index (χ0n) is 13.8. The number of hydrogen-bond donors (Lipinski definition) is 1. The molecule has 0 saturated carbocycles. The minimum atomic E-state index is 0.262. The lowest BCUT2D eigenvalue weighted by atomic mass is 10.0. The fourth-order valence-corrected chi connectivity index (χ4v) is 3.30. The van der Waals surface area contributed by atoms with Gasteiger partial charge in [-0.3, -0.25) is 4.68 Å². The largest absolute Gasteiger partial charge is 0.382 e. The Kier molecular flexibility index (Phi) is 3.89. The number of hydrogen-bond acceptors (Lipinski definition) is 6. The van der Waals surface area contributed by atoms with E-state index in [0.717, 1.165) is 5.69 Å². The number of aromatic nitrogens is 6. The van der Waals surface area contributed by atoms with Crippen molar-refractivity contribution in [3.05, 3.63) is 52.3 Å². The van der Waals surface area contributed by atoms with Crippen LogP contribution in [0, 0.1) is 11.3 Å². The number of halogens is 1. The molecule has 128 valence electrons. The highest BCUT2D eigenvalue weighted by atomic mass is 79.9. The van der Waals surface area contributed by atoms with Crippen molar-refractivity contribution in [2.75, 3.05) is 5.73 Å². The molecule has 0 aliphatic heterocycles. The third-order valence-electron chi connectivity index (χ3n) is 3.92. The van der Waals surface area contributed by atoms with Crippen LogP contribution in [0.15, 0.2) is 41.0 Å². The molecule has 8 nitrogen and oxygen atoms in total. The Bertz CT molecular complexity index is 1170. The van der Waals surface area contributed by atoms with Gasteiger partial charge in [0.05, 0.1) is 27.5 Å². The van der Waals surface area contributed by atoms with E-state index in [1.54, 1.807) is 16.8 Å². The van der Waals surface area contributed by atoms with Crippen LogP contribution in [0.4, 0.5) is 5.82 Å². The summed E-state index contributed by atoms with van der Waals surface area (Å²) in [4.78, 5) is 5.99. The molecule has 0 bridgehead atoms. The SMILES string of the molecule is Cn1ccc(Cn2nc3c(N)nc(-c4ccccc4C#N)c(Br)c3n2)n1. The van der Waals surface area contributed by atoms with Gasteiger partial charge in [-0.05, 0) is 28.1 Å². The van der Waals surface area contributed by atoms with E-state index >= 15 is 0 Å². The summed E-state index contributed by atoms with van der Waals surface area (Å²) in [6.07, 6.45) is 1.86. The van der Waals surface area contributed by atoms with Crippen LogP contribution in [-0.4, -0.2) is 29.8 Å². The Hall–Kier alpha value is -3.25. The van der Waals surface area contributed by atoms with Gasteiger partial charge in [0.1, 0.15) is 12.1 Å². The second-order valence-corrected chi connectivity index (χ2v) is 6.52. The van der Waals surface area contributed by atoms with Crippen molar-refractivity contribution >= 4 is 32.8 Å². The number of nitriles is 1. The summed E-state index contributed by atoms with van der Waals surface area (Å²) in [5, 5.41) is 22.6. The first kappa shape index (κ1) is 16.2.